The first kappa shape index (κ1) is 13.6. The van der Waals surface area contributed by atoms with E-state index in [1.807, 2.05) is 0 Å². The first-order valence-corrected chi connectivity index (χ1v) is 7.67. The standard InChI is InChI=1S/C15H12FNO3S/c1-10-15(18)13-9-11(16)7-8-14(13)17(10)21(19,20)12-5-3-2-4-6-12/h2-9,18H,1H3. The van der Waals surface area contributed by atoms with Crippen molar-refractivity contribution < 1.29 is 17.9 Å². The Balaban J connectivity index is 2.39. The van der Waals surface area contributed by atoms with Gasteiger partial charge < -0.3 is 5.11 Å². The van der Waals surface area contributed by atoms with Crippen LogP contribution < -0.4 is 0 Å². The van der Waals surface area contributed by atoms with Gasteiger partial charge in [-0.25, -0.2) is 16.8 Å². The molecule has 0 aliphatic heterocycles. The normalized spacial score (nSPS) is 11.9. The first-order chi connectivity index (χ1) is 9.93. The van der Waals surface area contributed by atoms with Crippen molar-refractivity contribution in [2.75, 3.05) is 0 Å². The van der Waals surface area contributed by atoms with Gasteiger partial charge in [0.25, 0.3) is 10.0 Å². The third kappa shape index (κ3) is 1.99. The third-order valence-electron chi connectivity index (χ3n) is 3.36. The highest BCUT2D eigenvalue weighted by atomic mass is 32.2. The van der Waals surface area contributed by atoms with Crippen LogP contribution in [0.3, 0.4) is 0 Å². The molecule has 0 fully saturated rings. The number of rotatable bonds is 2. The maximum absolute atomic E-state index is 13.3. The lowest BCUT2D eigenvalue weighted by Gasteiger charge is -2.09. The number of nitrogens with zero attached hydrogens (tertiary/aromatic N) is 1. The molecule has 1 N–H and O–H groups in total. The monoisotopic (exact) mass is 305 g/mol. The topological polar surface area (TPSA) is 59.3 Å². The number of halogens is 1. The molecule has 1 aromatic heterocycles. The minimum absolute atomic E-state index is 0.106. The van der Waals surface area contributed by atoms with Crippen molar-refractivity contribution in [1.82, 2.24) is 3.97 Å². The summed E-state index contributed by atoms with van der Waals surface area (Å²) in [7, 11) is -3.85. The number of benzene rings is 2. The van der Waals surface area contributed by atoms with Crippen molar-refractivity contribution in [3.05, 3.63) is 60.0 Å². The van der Waals surface area contributed by atoms with Gasteiger partial charge in [0.2, 0.25) is 0 Å². The predicted octanol–water partition coefficient (Wildman–Crippen LogP) is 3.03. The van der Waals surface area contributed by atoms with Crippen LogP contribution in [0.4, 0.5) is 4.39 Å². The van der Waals surface area contributed by atoms with E-state index in [0.717, 1.165) is 16.1 Å². The van der Waals surface area contributed by atoms with E-state index >= 15 is 0 Å². The van der Waals surface area contributed by atoms with Gasteiger partial charge in [0.15, 0.2) is 0 Å². The Morgan fingerprint density at radius 2 is 1.76 bits per heavy atom. The molecular formula is C15H12FNO3S. The summed E-state index contributed by atoms with van der Waals surface area (Å²) in [6, 6.07) is 11.5. The molecule has 3 aromatic rings. The maximum Gasteiger partial charge on any atom is 0.268 e. The Bertz CT molecular complexity index is 930. The fraction of sp³-hybridized carbons (Fsp3) is 0.0667. The zero-order valence-corrected chi connectivity index (χ0v) is 11.9. The third-order valence-corrected chi connectivity index (χ3v) is 5.18. The molecule has 0 aliphatic carbocycles. The summed E-state index contributed by atoms with van der Waals surface area (Å²) in [4.78, 5) is 0.106. The van der Waals surface area contributed by atoms with Crippen LogP contribution in [0.1, 0.15) is 5.69 Å². The zero-order valence-electron chi connectivity index (χ0n) is 11.1. The molecule has 0 bridgehead atoms. The number of hydrogen-bond donors (Lipinski definition) is 1. The van der Waals surface area contributed by atoms with Gasteiger partial charge in [0, 0.05) is 5.39 Å². The molecule has 2 aromatic carbocycles. The van der Waals surface area contributed by atoms with Crippen LogP contribution in [0, 0.1) is 12.7 Å². The van der Waals surface area contributed by atoms with Gasteiger partial charge >= 0.3 is 0 Å². The second-order valence-corrected chi connectivity index (χ2v) is 6.46. The van der Waals surface area contributed by atoms with Crippen molar-refractivity contribution in [3.63, 3.8) is 0 Å². The molecule has 6 heteroatoms. The van der Waals surface area contributed by atoms with Gasteiger partial charge in [0.05, 0.1) is 16.1 Å². The molecule has 21 heavy (non-hydrogen) atoms. The Morgan fingerprint density at radius 3 is 2.43 bits per heavy atom. The second-order valence-electron chi connectivity index (χ2n) is 4.68. The van der Waals surface area contributed by atoms with Crippen LogP contribution in [0.25, 0.3) is 10.9 Å². The Hall–Kier alpha value is -2.34. The molecule has 0 saturated carbocycles. The minimum atomic E-state index is -3.85. The van der Waals surface area contributed by atoms with E-state index in [1.54, 1.807) is 18.2 Å². The van der Waals surface area contributed by atoms with Crippen LogP contribution in [0.2, 0.25) is 0 Å². The number of fused-ring (bicyclic) bond motifs is 1. The van der Waals surface area contributed by atoms with E-state index in [2.05, 4.69) is 0 Å². The van der Waals surface area contributed by atoms with Crippen molar-refractivity contribution in [2.45, 2.75) is 11.8 Å². The molecule has 0 unspecified atom stereocenters. The molecule has 0 radical (unpaired) electrons. The van der Waals surface area contributed by atoms with Crippen LogP contribution in [0.5, 0.6) is 5.75 Å². The molecule has 0 amide bonds. The summed E-state index contributed by atoms with van der Waals surface area (Å²) in [6.45, 7) is 1.48. The molecule has 0 atom stereocenters. The zero-order chi connectivity index (χ0) is 15.2. The average molecular weight is 305 g/mol. The fourth-order valence-corrected chi connectivity index (χ4v) is 3.93. The Labute approximate surface area is 121 Å². The molecule has 108 valence electrons. The van der Waals surface area contributed by atoms with E-state index < -0.39 is 15.8 Å². The lowest BCUT2D eigenvalue weighted by Crippen LogP contribution is -2.14. The predicted molar refractivity (Wildman–Crippen MR) is 77.3 cm³/mol. The maximum atomic E-state index is 13.3. The number of aromatic nitrogens is 1. The van der Waals surface area contributed by atoms with Gasteiger partial charge in [-0.15, -0.1) is 0 Å². The summed E-state index contributed by atoms with van der Waals surface area (Å²) in [5.41, 5.74) is 0.398. The average Bonchev–Trinajstić information content (AvgIpc) is 2.72. The fourth-order valence-electron chi connectivity index (χ4n) is 2.35. The lowest BCUT2D eigenvalue weighted by atomic mass is 10.2. The van der Waals surface area contributed by atoms with Gasteiger partial charge in [-0.1, -0.05) is 18.2 Å². The largest absolute Gasteiger partial charge is 0.505 e. The summed E-state index contributed by atoms with van der Waals surface area (Å²) >= 11 is 0. The molecule has 4 nitrogen and oxygen atoms in total. The smallest absolute Gasteiger partial charge is 0.268 e. The van der Waals surface area contributed by atoms with Crippen LogP contribution in [-0.4, -0.2) is 17.5 Å². The minimum Gasteiger partial charge on any atom is -0.505 e. The number of hydrogen-bond acceptors (Lipinski definition) is 3. The molecular weight excluding hydrogens is 293 g/mol. The molecule has 1 heterocycles. The number of aromatic hydroxyl groups is 1. The molecule has 0 saturated heterocycles. The Morgan fingerprint density at radius 1 is 1.10 bits per heavy atom. The lowest BCUT2D eigenvalue weighted by molar-refractivity contribution is 0.475. The Kier molecular flexibility index (Phi) is 2.98. The molecule has 0 aliphatic rings. The highest BCUT2D eigenvalue weighted by Gasteiger charge is 2.24. The van der Waals surface area contributed by atoms with E-state index in [0.29, 0.717) is 0 Å². The summed E-state index contributed by atoms with van der Waals surface area (Å²) in [5.74, 6) is -0.768. The van der Waals surface area contributed by atoms with E-state index in [4.69, 9.17) is 0 Å². The van der Waals surface area contributed by atoms with Crippen molar-refractivity contribution >= 4 is 20.9 Å². The van der Waals surface area contributed by atoms with Crippen molar-refractivity contribution in [2.24, 2.45) is 0 Å². The summed E-state index contributed by atoms with van der Waals surface area (Å²) in [5, 5.41) is 10.2. The molecule has 3 rings (SSSR count). The quantitative estimate of drug-likeness (QED) is 0.791. The van der Waals surface area contributed by atoms with E-state index in [-0.39, 0.29) is 27.2 Å². The van der Waals surface area contributed by atoms with Gasteiger partial charge in [-0.05, 0) is 37.3 Å². The van der Waals surface area contributed by atoms with Gasteiger partial charge in [0.1, 0.15) is 11.6 Å². The van der Waals surface area contributed by atoms with Crippen molar-refractivity contribution in [1.29, 1.82) is 0 Å². The first-order valence-electron chi connectivity index (χ1n) is 6.23. The second kappa shape index (κ2) is 4.60. The van der Waals surface area contributed by atoms with Crippen LogP contribution in [-0.2, 0) is 10.0 Å². The highest BCUT2D eigenvalue weighted by Crippen LogP contribution is 2.34. The van der Waals surface area contributed by atoms with Crippen LogP contribution >= 0.6 is 0 Å². The van der Waals surface area contributed by atoms with Crippen molar-refractivity contribution in [3.8, 4) is 5.75 Å². The van der Waals surface area contributed by atoms with Gasteiger partial charge in [-0.3, -0.25) is 0 Å². The van der Waals surface area contributed by atoms with Gasteiger partial charge in [-0.2, -0.15) is 0 Å². The van der Waals surface area contributed by atoms with E-state index in [9.17, 15) is 17.9 Å². The van der Waals surface area contributed by atoms with Crippen LogP contribution in [0.15, 0.2) is 53.4 Å². The summed E-state index contributed by atoms with van der Waals surface area (Å²) < 4.78 is 39.8. The summed E-state index contributed by atoms with van der Waals surface area (Å²) in [6.07, 6.45) is 0. The highest BCUT2D eigenvalue weighted by molar-refractivity contribution is 7.90. The molecule has 0 spiro atoms. The van der Waals surface area contributed by atoms with E-state index in [1.165, 1.54) is 25.1 Å². The SMILES string of the molecule is Cc1c(O)c2cc(F)ccc2n1S(=O)(=O)c1ccccc1.